The number of benzene rings is 3. The van der Waals surface area contributed by atoms with Gasteiger partial charge in [-0.25, -0.2) is 4.98 Å². The Morgan fingerprint density at radius 1 is 0.986 bits per heavy atom. The monoisotopic (exact) mass is 980 g/mol. The van der Waals surface area contributed by atoms with E-state index in [1.165, 1.54) is 4.90 Å². The van der Waals surface area contributed by atoms with Gasteiger partial charge >= 0.3 is 0 Å². The first-order valence-corrected chi connectivity index (χ1v) is 24.8. The minimum atomic E-state index is -0.953. The second kappa shape index (κ2) is 21.2. The number of amides is 4. The third-order valence-corrected chi connectivity index (χ3v) is 15.1. The van der Waals surface area contributed by atoms with E-state index in [2.05, 4.69) is 64.5 Å². The van der Waals surface area contributed by atoms with Crippen molar-refractivity contribution in [3.05, 3.63) is 99.6 Å². The number of anilines is 1. The van der Waals surface area contributed by atoms with Gasteiger partial charge in [-0.3, -0.25) is 24.1 Å². The highest BCUT2D eigenvalue weighted by Crippen LogP contribution is 2.55. The van der Waals surface area contributed by atoms with Gasteiger partial charge in [0, 0.05) is 86.4 Å². The molecular formula is C52H65ClN8O7S. The number of halogens is 1. The zero-order chi connectivity index (χ0) is 49.8. The first kappa shape index (κ1) is 51.3. The number of nitrogens with one attached hydrogen (secondary N) is 3. The van der Waals surface area contributed by atoms with Crippen molar-refractivity contribution >= 4 is 52.3 Å². The highest BCUT2D eigenvalue weighted by atomic mass is 35.5. The Morgan fingerprint density at radius 3 is 2.28 bits per heavy atom. The quantitative estimate of drug-likeness (QED) is 0.0936. The molecule has 0 bridgehead atoms. The summed E-state index contributed by atoms with van der Waals surface area (Å²) >= 11 is 7.83. The number of ether oxygens (including phenoxy) is 2. The van der Waals surface area contributed by atoms with Crippen LogP contribution in [0.15, 0.2) is 72.2 Å². The number of aromatic nitrogens is 1. The summed E-state index contributed by atoms with van der Waals surface area (Å²) in [7, 11) is 0. The fourth-order valence-corrected chi connectivity index (χ4v) is 11.2. The van der Waals surface area contributed by atoms with Crippen molar-refractivity contribution in [2.75, 3.05) is 57.4 Å². The number of piperazine rings is 1. The number of aliphatic hydroxyl groups is 1. The number of nitriles is 1. The summed E-state index contributed by atoms with van der Waals surface area (Å²) in [6.45, 7) is 19.9. The van der Waals surface area contributed by atoms with Crippen LogP contribution in [0.3, 0.4) is 0 Å². The number of aliphatic hydroxyl groups excluding tert-OH is 1. The second-order valence-electron chi connectivity index (χ2n) is 20.7. The van der Waals surface area contributed by atoms with Crippen LogP contribution in [0.1, 0.15) is 82.1 Å². The lowest BCUT2D eigenvalue weighted by Gasteiger charge is -2.63. The van der Waals surface area contributed by atoms with Crippen LogP contribution in [0, 0.1) is 34.5 Å². The standard InChI is InChI=1S/C52H65ClN8O7S/c1-32-43(69-31-56-32)34-11-9-33(10-12-34)28-55-46(65)41-25-38(62)29-61(41)47(66)44(50(2,3)4)57-42(63)30-67-24-23-59-19-21-60(22-20-59)37-16-13-35(14-17-37)45(64)58-48-51(5,6)49(52(48,7)8)68-39-18-15-36(27-54)40(53)26-39/h9-18,26,31,38,41,44,48-49,62H,19-25,28-30H2,1-8H3,(H,55,65)(H,57,63)(H,58,64)/t38-,41+,44?,48-,49-/m1/s1. The highest BCUT2D eigenvalue weighted by molar-refractivity contribution is 7.13. The Balaban J connectivity index is 0.823. The number of nitrogens with zero attached hydrogens (tertiary/aromatic N) is 5. The minimum Gasteiger partial charge on any atom is -0.489 e. The molecular weight excluding hydrogens is 916 g/mol. The predicted octanol–water partition coefficient (Wildman–Crippen LogP) is 6.20. The van der Waals surface area contributed by atoms with Gasteiger partial charge < -0.3 is 40.3 Å². The van der Waals surface area contributed by atoms with Crippen molar-refractivity contribution in [1.82, 2.24) is 30.7 Å². The Bertz CT molecular complexity index is 2510. The normalized spacial score (nSPS) is 21.4. The molecule has 2 saturated heterocycles. The van der Waals surface area contributed by atoms with Crippen LogP contribution >= 0.6 is 22.9 Å². The van der Waals surface area contributed by atoms with Crippen LogP contribution in [0.2, 0.25) is 5.02 Å². The Kier molecular flexibility index (Phi) is 15.8. The van der Waals surface area contributed by atoms with Gasteiger partial charge in [0.2, 0.25) is 17.7 Å². The molecule has 4 aromatic rings. The maximum absolute atomic E-state index is 14.1. The zero-order valence-corrected chi connectivity index (χ0v) is 42.4. The van der Waals surface area contributed by atoms with Crippen molar-refractivity contribution in [1.29, 1.82) is 5.26 Å². The number of carbonyl (C=O) groups excluding carboxylic acids is 4. The van der Waals surface area contributed by atoms with E-state index in [9.17, 15) is 29.5 Å². The summed E-state index contributed by atoms with van der Waals surface area (Å²) in [5.74, 6) is -0.798. The molecule has 3 heterocycles. The molecule has 1 aliphatic carbocycles. The summed E-state index contributed by atoms with van der Waals surface area (Å²) in [6, 6.07) is 20.7. The first-order chi connectivity index (χ1) is 32.7. The van der Waals surface area contributed by atoms with Gasteiger partial charge in [0.15, 0.2) is 0 Å². The average Bonchev–Trinajstić information content (AvgIpc) is 3.94. The first-order valence-electron chi connectivity index (χ1n) is 23.5. The molecule has 3 fully saturated rings. The smallest absolute Gasteiger partial charge is 0.251 e. The maximum Gasteiger partial charge on any atom is 0.251 e. The van der Waals surface area contributed by atoms with Crippen LogP contribution in [-0.2, 0) is 25.7 Å². The van der Waals surface area contributed by atoms with Crippen LogP contribution in [-0.4, -0.2) is 126 Å². The van der Waals surface area contributed by atoms with Gasteiger partial charge in [0.1, 0.15) is 36.6 Å². The van der Waals surface area contributed by atoms with Crippen molar-refractivity contribution in [2.45, 2.75) is 98.7 Å². The van der Waals surface area contributed by atoms with E-state index in [0.717, 1.165) is 53.6 Å². The maximum atomic E-state index is 14.1. The molecule has 1 aromatic heterocycles. The topological polar surface area (TPSA) is 189 Å². The van der Waals surface area contributed by atoms with E-state index in [0.29, 0.717) is 35.1 Å². The number of hydrogen-bond acceptors (Lipinski definition) is 12. The molecule has 0 spiro atoms. The molecule has 3 atom stereocenters. The highest BCUT2D eigenvalue weighted by Gasteiger charge is 2.64. The Morgan fingerprint density at radius 2 is 1.67 bits per heavy atom. The molecule has 368 valence electrons. The number of rotatable bonds is 16. The Labute approximate surface area is 414 Å². The molecule has 17 heteroatoms. The van der Waals surface area contributed by atoms with E-state index in [1.54, 1.807) is 29.5 Å². The average molecular weight is 982 g/mol. The van der Waals surface area contributed by atoms with Crippen LogP contribution in [0.4, 0.5) is 5.69 Å². The molecule has 7 rings (SSSR count). The number of likely N-dealkylation sites (tertiary alicyclic amines) is 1. The molecule has 1 unspecified atom stereocenters. The molecule has 4 N–H and O–H groups in total. The summed E-state index contributed by atoms with van der Waals surface area (Å²) in [5.41, 5.74) is 5.27. The van der Waals surface area contributed by atoms with Crippen molar-refractivity contribution in [3.8, 4) is 22.3 Å². The van der Waals surface area contributed by atoms with Crippen molar-refractivity contribution < 1.29 is 33.8 Å². The SMILES string of the molecule is Cc1ncsc1-c1ccc(CNC(=O)[C@@H]2C[C@@H](O)CN2C(=O)C(NC(=O)COCCN2CCN(c3ccc(C(=O)N[C@H]4C(C)(C)[C@H](Oc5ccc(C#N)c(Cl)c5)C4(C)C)cc3)CC2)C(C)(C)C)cc1. The number of thiazole rings is 1. The van der Waals surface area contributed by atoms with Gasteiger partial charge in [-0.2, -0.15) is 5.26 Å². The van der Waals surface area contributed by atoms with E-state index in [1.807, 2.05) is 81.7 Å². The third kappa shape index (κ3) is 11.7. The lowest BCUT2D eigenvalue weighted by atomic mass is 9.49. The number of aryl methyl sites for hydroxylation is 1. The predicted molar refractivity (Wildman–Crippen MR) is 267 cm³/mol. The second-order valence-corrected chi connectivity index (χ2v) is 21.9. The molecule has 69 heavy (non-hydrogen) atoms. The number of carbonyl (C=O) groups is 4. The zero-order valence-electron chi connectivity index (χ0n) is 40.8. The van der Waals surface area contributed by atoms with E-state index in [-0.39, 0.29) is 60.9 Å². The van der Waals surface area contributed by atoms with Gasteiger partial charge in [0.05, 0.1) is 39.4 Å². The molecule has 15 nitrogen and oxygen atoms in total. The van der Waals surface area contributed by atoms with Gasteiger partial charge in [0.25, 0.3) is 5.91 Å². The third-order valence-electron chi connectivity index (χ3n) is 13.8. The molecule has 3 aliphatic rings. The summed E-state index contributed by atoms with van der Waals surface area (Å²) in [4.78, 5) is 65.6. The van der Waals surface area contributed by atoms with Crippen molar-refractivity contribution in [2.24, 2.45) is 16.2 Å². The van der Waals surface area contributed by atoms with E-state index < -0.39 is 35.4 Å². The van der Waals surface area contributed by atoms with Gasteiger partial charge in [-0.1, -0.05) is 84.3 Å². The summed E-state index contributed by atoms with van der Waals surface area (Å²) in [6.07, 6.45) is -0.970. The molecule has 0 radical (unpaired) electrons. The van der Waals surface area contributed by atoms with Crippen LogP contribution in [0.25, 0.3) is 10.4 Å². The largest absolute Gasteiger partial charge is 0.489 e. The van der Waals surface area contributed by atoms with E-state index >= 15 is 0 Å². The lowest BCUT2D eigenvalue weighted by molar-refractivity contribution is -0.164. The van der Waals surface area contributed by atoms with Gasteiger partial charge in [-0.15, -0.1) is 11.3 Å². The molecule has 2 aliphatic heterocycles. The number of hydrogen-bond donors (Lipinski definition) is 4. The van der Waals surface area contributed by atoms with E-state index in [4.69, 9.17) is 21.1 Å². The fourth-order valence-electron chi connectivity index (χ4n) is 10.2. The van der Waals surface area contributed by atoms with Gasteiger partial charge in [-0.05, 0) is 59.9 Å². The minimum absolute atomic E-state index is 0.00949. The fraction of sp³-hybridized carbons (Fsp3) is 0.500. The molecule has 3 aromatic carbocycles. The summed E-state index contributed by atoms with van der Waals surface area (Å²) < 4.78 is 12.2. The van der Waals surface area contributed by atoms with Crippen LogP contribution in [0.5, 0.6) is 5.75 Å². The molecule has 1 saturated carbocycles. The van der Waals surface area contributed by atoms with Crippen molar-refractivity contribution in [3.63, 3.8) is 0 Å². The number of β-amino-alcohol motifs (C(OH)–C–C–N with tert-alkyl or cyclic N) is 1. The molecule has 4 amide bonds. The lowest BCUT2D eigenvalue weighted by Crippen LogP contribution is -2.74. The summed E-state index contributed by atoms with van der Waals surface area (Å²) in [5, 5.41) is 29.2. The Hall–Kier alpha value is -5.57. The van der Waals surface area contributed by atoms with Crippen LogP contribution < -0.4 is 25.6 Å².